The number of methoxy groups -OCH3 is 1. The summed E-state index contributed by atoms with van der Waals surface area (Å²) in [7, 11) is -2.33. The number of para-hydroxylation sites is 1. The van der Waals surface area contributed by atoms with Gasteiger partial charge in [0.2, 0.25) is 10.0 Å². The van der Waals surface area contributed by atoms with E-state index in [1.54, 1.807) is 23.1 Å². The molecule has 0 unspecified atom stereocenters. The fourth-order valence-electron chi connectivity index (χ4n) is 3.63. The Morgan fingerprint density at radius 3 is 2.37 bits per heavy atom. The van der Waals surface area contributed by atoms with E-state index < -0.39 is 10.0 Å². The number of hydrogen-bond donors (Lipinski definition) is 0. The summed E-state index contributed by atoms with van der Waals surface area (Å²) >= 11 is 0. The van der Waals surface area contributed by atoms with E-state index in [9.17, 15) is 13.2 Å². The van der Waals surface area contributed by atoms with Gasteiger partial charge in [-0.3, -0.25) is 4.79 Å². The first-order valence-electron chi connectivity index (χ1n) is 10.1. The van der Waals surface area contributed by atoms with Crippen LogP contribution in [0.4, 0.5) is 5.69 Å². The van der Waals surface area contributed by atoms with Gasteiger partial charge >= 0.3 is 0 Å². The average molecular weight is 429 g/mol. The smallest absolute Gasteiger partial charge is 0.258 e. The van der Waals surface area contributed by atoms with Gasteiger partial charge in [0.25, 0.3) is 5.91 Å². The molecular weight excluding hydrogens is 400 g/mol. The molecule has 0 aromatic heterocycles. The lowest BCUT2D eigenvalue weighted by Crippen LogP contribution is -2.33. The Kier molecular flexibility index (Phi) is 7.29. The number of benzene rings is 2. The molecule has 1 heterocycles. The van der Waals surface area contributed by atoms with E-state index in [4.69, 9.17) is 4.74 Å². The topological polar surface area (TPSA) is 66.9 Å². The Labute approximate surface area is 178 Å². The molecule has 0 radical (unpaired) electrons. The number of carbonyl (C=O) groups is 1. The van der Waals surface area contributed by atoms with Crippen LogP contribution in [0.1, 0.15) is 36.0 Å². The van der Waals surface area contributed by atoms with Crippen LogP contribution >= 0.6 is 0 Å². The fourth-order valence-corrected chi connectivity index (χ4v) is 5.33. The monoisotopic (exact) mass is 428 g/mol. The number of carbonyl (C=O) groups excluding carboxylic acids is 1. The molecule has 2 aromatic rings. The van der Waals surface area contributed by atoms with Crippen LogP contribution in [0.15, 0.2) is 66.1 Å². The predicted molar refractivity (Wildman–Crippen MR) is 119 cm³/mol. The van der Waals surface area contributed by atoms with Crippen molar-refractivity contribution in [1.82, 2.24) is 4.31 Å². The van der Waals surface area contributed by atoms with Crippen molar-refractivity contribution in [2.45, 2.75) is 30.6 Å². The van der Waals surface area contributed by atoms with Crippen LogP contribution in [0.25, 0.3) is 0 Å². The molecule has 0 spiro atoms. The van der Waals surface area contributed by atoms with Crippen molar-refractivity contribution < 1.29 is 17.9 Å². The highest BCUT2D eigenvalue weighted by Crippen LogP contribution is 2.30. The third kappa shape index (κ3) is 4.74. The second-order valence-electron chi connectivity index (χ2n) is 7.22. The van der Waals surface area contributed by atoms with E-state index in [0.29, 0.717) is 19.6 Å². The Hall–Kier alpha value is -2.64. The second kappa shape index (κ2) is 9.91. The summed E-state index contributed by atoms with van der Waals surface area (Å²) in [5.74, 6) is -0.0538. The largest absolute Gasteiger partial charge is 0.495 e. The number of ether oxygens (including phenoxy) is 1. The number of rotatable bonds is 7. The van der Waals surface area contributed by atoms with Gasteiger partial charge in [-0.2, -0.15) is 4.31 Å². The molecule has 1 saturated heterocycles. The molecule has 1 amide bonds. The van der Waals surface area contributed by atoms with Gasteiger partial charge in [0.05, 0.1) is 7.11 Å². The Morgan fingerprint density at radius 2 is 1.77 bits per heavy atom. The third-order valence-electron chi connectivity index (χ3n) is 5.22. The zero-order chi connectivity index (χ0) is 21.6. The first-order valence-corrected chi connectivity index (χ1v) is 11.6. The molecule has 0 aliphatic carbocycles. The maximum Gasteiger partial charge on any atom is 0.258 e. The molecule has 2 aromatic carbocycles. The highest BCUT2D eigenvalue weighted by molar-refractivity contribution is 7.89. The van der Waals surface area contributed by atoms with Gasteiger partial charge < -0.3 is 9.64 Å². The molecule has 7 heteroatoms. The van der Waals surface area contributed by atoms with Gasteiger partial charge in [-0.1, -0.05) is 37.1 Å². The first-order chi connectivity index (χ1) is 14.5. The molecule has 0 atom stereocenters. The first kappa shape index (κ1) is 22.1. The van der Waals surface area contributed by atoms with Crippen molar-refractivity contribution in [3.8, 4) is 5.75 Å². The van der Waals surface area contributed by atoms with E-state index in [1.165, 1.54) is 17.5 Å². The maximum atomic E-state index is 13.4. The standard InChI is InChI=1S/C23H28N2O4S/c1-3-15-25(20-11-7-6-8-12-20)23(26)19-13-14-21(29-2)22(18-19)30(27,28)24-16-9-4-5-10-17-24/h3,6-8,11-14,18H,1,4-5,9-10,15-17H2,2H3. The molecule has 1 fully saturated rings. The van der Waals surface area contributed by atoms with Crippen LogP contribution in [0.5, 0.6) is 5.75 Å². The number of sulfonamides is 1. The lowest BCUT2D eigenvalue weighted by molar-refractivity contribution is 0.0989. The molecule has 1 aliphatic heterocycles. The van der Waals surface area contributed by atoms with Gasteiger partial charge in [0, 0.05) is 30.9 Å². The van der Waals surface area contributed by atoms with Crippen LogP contribution in [0.3, 0.4) is 0 Å². The molecule has 0 saturated carbocycles. The normalized spacial score (nSPS) is 15.2. The summed E-state index contributed by atoms with van der Waals surface area (Å²) in [4.78, 5) is 14.9. The van der Waals surface area contributed by atoms with Gasteiger partial charge in [0.1, 0.15) is 10.6 Å². The van der Waals surface area contributed by atoms with Crippen molar-refractivity contribution >= 4 is 21.6 Å². The molecule has 1 aliphatic rings. The van der Waals surface area contributed by atoms with E-state index in [2.05, 4.69) is 6.58 Å². The van der Waals surface area contributed by atoms with E-state index >= 15 is 0 Å². The van der Waals surface area contributed by atoms with E-state index in [-0.39, 0.29) is 22.1 Å². The predicted octanol–water partition coefficient (Wildman–Crippen LogP) is 4.09. The molecule has 0 bridgehead atoms. The summed E-state index contributed by atoms with van der Waals surface area (Å²) in [5.41, 5.74) is 1.00. The quantitative estimate of drug-likeness (QED) is 0.623. The number of hydrogen-bond acceptors (Lipinski definition) is 4. The summed E-state index contributed by atoms with van der Waals surface area (Å²) in [6, 6.07) is 13.8. The molecule has 160 valence electrons. The van der Waals surface area contributed by atoms with Crippen molar-refractivity contribution in [3.63, 3.8) is 0 Å². The Morgan fingerprint density at radius 1 is 1.10 bits per heavy atom. The van der Waals surface area contributed by atoms with Crippen LogP contribution in [-0.4, -0.2) is 45.4 Å². The van der Waals surface area contributed by atoms with Crippen molar-refractivity contribution in [2.24, 2.45) is 0 Å². The van der Waals surface area contributed by atoms with Crippen LogP contribution < -0.4 is 9.64 Å². The lowest BCUT2D eigenvalue weighted by Gasteiger charge is -2.24. The zero-order valence-corrected chi connectivity index (χ0v) is 18.1. The lowest BCUT2D eigenvalue weighted by atomic mass is 10.1. The van der Waals surface area contributed by atoms with Crippen LogP contribution in [0, 0.1) is 0 Å². The molecular formula is C23H28N2O4S. The third-order valence-corrected chi connectivity index (χ3v) is 7.14. The SMILES string of the molecule is C=CCN(C(=O)c1ccc(OC)c(S(=O)(=O)N2CCCCCC2)c1)c1ccccc1. The van der Waals surface area contributed by atoms with Gasteiger partial charge in [-0.05, 0) is 43.2 Å². The van der Waals surface area contributed by atoms with E-state index in [1.807, 2.05) is 30.3 Å². The van der Waals surface area contributed by atoms with Gasteiger partial charge in [-0.15, -0.1) is 6.58 Å². The minimum atomic E-state index is -3.77. The van der Waals surface area contributed by atoms with E-state index in [0.717, 1.165) is 31.4 Å². The minimum Gasteiger partial charge on any atom is -0.495 e. The average Bonchev–Trinajstić information content (AvgIpc) is 3.07. The highest BCUT2D eigenvalue weighted by Gasteiger charge is 2.30. The minimum absolute atomic E-state index is 0.0318. The Balaban J connectivity index is 2.00. The molecule has 3 rings (SSSR count). The summed E-state index contributed by atoms with van der Waals surface area (Å²) < 4.78 is 33.6. The molecule has 0 N–H and O–H groups in total. The number of amides is 1. The van der Waals surface area contributed by atoms with Crippen molar-refractivity contribution in [2.75, 3.05) is 31.6 Å². The number of anilines is 1. The fraction of sp³-hybridized carbons (Fsp3) is 0.348. The highest BCUT2D eigenvalue weighted by atomic mass is 32.2. The maximum absolute atomic E-state index is 13.4. The zero-order valence-electron chi connectivity index (χ0n) is 17.3. The second-order valence-corrected chi connectivity index (χ2v) is 9.13. The van der Waals surface area contributed by atoms with Gasteiger partial charge in [-0.25, -0.2) is 8.42 Å². The van der Waals surface area contributed by atoms with Crippen LogP contribution in [0.2, 0.25) is 0 Å². The Bertz CT molecular complexity index is 982. The van der Waals surface area contributed by atoms with Crippen molar-refractivity contribution in [3.05, 3.63) is 66.7 Å². The van der Waals surface area contributed by atoms with Crippen LogP contribution in [-0.2, 0) is 10.0 Å². The van der Waals surface area contributed by atoms with Crippen molar-refractivity contribution in [1.29, 1.82) is 0 Å². The molecule has 30 heavy (non-hydrogen) atoms. The van der Waals surface area contributed by atoms with Gasteiger partial charge in [0.15, 0.2) is 0 Å². The summed E-state index contributed by atoms with van der Waals surface area (Å²) in [5, 5.41) is 0. The number of nitrogens with zero attached hydrogens (tertiary/aromatic N) is 2. The summed E-state index contributed by atoms with van der Waals surface area (Å²) in [6.45, 7) is 5.01. The molecule has 6 nitrogen and oxygen atoms in total. The summed E-state index contributed by atoms with van der Waals surface area (Å²) in [6.07, 6.45) is 5.36.